The number of aryl methyl sites for hydroxylation is 2. The lowest BCUT2D eigenvalue weighted by Gasteiger charge is -1.89. The maximum atomic E-state index is 3.96. The van der Waals surface area contributed by atoms with Gasteiger partial charge >= 0.3 is 0 Å². The number of nitrogens with zero attached hydrogens (tertiary/aromatic N) is 2. The van der Waals surface area contributed by atoms with Gasteiger partial charge in [-0.15, -0.1) is 0 Å². The Morgan fingerprint density at radius 3 is 1.72 bits per heavy atom. The molecule has 2 aromatic rings. The molecule has 0 aromatic carbocycles. The molecule has 2 nitrogen and oxygen atoms in total. The van der Waals surface area contributed by atoms with Crippen LogP contribution in [0.1, 0.15) is 38.8 Å². The summed E-state index contributed by atoms with van der Waals surface area (Å²) in [5.74, 6) is 0. The molecule has 0 amide bonds. The highest BCUT2D eigenvalue weighted by molar-refractivity contribution is 5.08. The van der Waals surface area contributed by atoms with Gasteiger partial charge in [0.05, 0.1) is 0 Å². The Balaban J connectivity index is 0.000000283. The van der Waals surface area contributed by atoms with Crippen molar-refractivity contribution in [3.05, 3.63) is 60.2 Å². The third kappa shape index (κ3) is 7.55. The van der Waals surface area contributed by atoms with Crippen LogP contribution in [0, 0.1) is 0 Å². The normalized spacial score (nSPS) is 8.44. The summed E-state index contributed by atoms with van der Waals surface area (Å²) in [6.45, 7) is 8.26. The standard InChI is InChI=1S/2C7H9N.C2H6/c1-2-7-3-5-8-6-4-7;1-2-7-4-3-5-8-6-7;1-2/h2*3-6H,2H2,1H3;1-2H3. The molecular formula is C16H24N2. The van der Waals surface area contributed by atoms with E-state index in [4.69, 9.17) is 0 Å². The lowest BCUT2D eigenvalue weighted by atomic mass is 10.2. The fourth-order valence-electron chi connectivity index (χ4n) is 1.23. The fraction of sp³-hybridized carbons (Fsp3) is 0.375. The van der Waals surface area contributed by atoms with Crippen LogP contribution in [0.15, 0.2) is 49.1 Å². The van der Waals surface area contributed by atoms with Gasteiger partial charge in [0.25, 0.3) is 0 Å². The van der Waals surface area contributed by atoms with Crippen molar-refractivity contribution in [3.63, 3.8) is 0 Å². The van der Waals surface area contributed by atoms with Crippen LogP contribution in [0.5, 0.6) is 0 Å². The summed E-state index contributed by atoms with van der Waals surface area (Å²) < 4.78 is 0. The van der Waals surface area contributed by atoms with E-state index in [1.807, 2.05) is 50.6 Å². The van der Waals surface area contributed by atoms with Crippen LogP contribution in [0.25, 0.3) is 0 Å². The zero-order chi connectivity index (χ0) is 13.6. The molecule has 0 N–H and O–H groups in total. The van der Waals surface area contributed by atoms with Gasteiger partial charge in [-0.1, -0.05) is 33.8 Å². The molecular weight excluding hydrogens is 220 g/mol. The average Bonchev–Trinajstić information content (AvgIpc) is 2.51. The maximum absolute atomic E-state index is 3.96. The van der Waals surface area contributed by atoms with Crippen LogP contribution in [-0.2, 0) is 12.8 Å². The number of hydrogen-bond donors (Lipinski definition) is 0. The molecule has 0 spiro atoms. The quantitative estimate of drug-likeness (QED) is 0.786. The van der Waals surface area contributed by atoms with Crippen molar-refractivity contribution >= 4 is 0 Å². The topological polar surface area (TPSA) is 25.8 Å². The maximum Gasteiger partial charge on any atom is 0.0299 e. The Hall–Kier alpha value is -1.70. The van der Waals surface area contributed by atoms with E-state index >= 15 is 0 Å². The van der Waals surface area contributed by atoms with Crippen molar-refractivity contribution in [2.45, 2.75) is 40.5 Å². The van der Waals surface area contributed by atoms with Crippen LogP contribution in [0.4, 0.5) is 0 Å². The predicted molar refractivity (Wildman–Crippen MR) is 78.6 cm³/mol. The van der Waals surface area contributed by atoms with Crippen molar-refractivity contribution in [3.8, 4) is 0 Å². The number of aromatic nitrogens is 2. The summed E-state index contributed by atoms with van der Waals surface area (Å²) in [6.07, 6.45) is 9.49. The van der Waals surface area contributed by atoms with E-state index < -0.39 is 0 Å². The second-order valence-corrected chi connectivity index (χ2v) is 3.42. The molecule has 0 unspecified atom stereocenters. The molecule has 2 heterocycles. The van der Waals surface area contributed by atoms with Crippen molar-refractivity contribution in [2.75, 3.05) is 0 Å². The summed E-state index contributed by atoms with van der Waals surface area (Å²) in [7, 11) is 0. The largest absolute Gasteiger partial charge is 0.265 e. The summed E-state index contributed by atoms with van der Waals surface area (Å²) in [4.78, 5) is 7.85. The third-order valence-corrected chi connectivity index (χ3v) is 2.29. The van der Waals surface area contributed by atoms with Crippen molar-refractivity contribution < 1.29 is 0 Å². The molecule has 0 aliphatic rings. The molecule has 0 bridgehead atoms. The van der Waals surface area contributed by atoms with E-state index in [0.29, 0.717) is 0 Å². The van der Waals surface area contributed by atoms with Gasteiger partial charge in [0.15, 0.2) is 0 Å². The Morgan fingerprint density at radius 2 is 1.39 bits per heavy atom. The van der Waals surface area contributed by atoms with Crippen LogP contribution in [0.3, 0.4) is 0 Å². The Bertz CT molecular complexity index is 331. The van der Waals surface area contributed by atoms with Crippen LogP contribution in [-0.4, -0.2) is 9.97 Å². The Kier molecular flexibility index (Phi) is 10.7. The van der Waals surface area contributed by atoms with Crippen LogP contribution in [0.2, 0.25) is 0 Å². The Labute approximate surface area is 111 Å². The number of rotatable bonds is 2. The van der Waals surface area contributed by atoms with Gasteiger partial charge in [-0.3, -0.25) is 9.97 Å². The van der Waals surface area contributed by atoms with E-state index in [0.717, 1.165) is 12.8 Å². The van der Waals surface area contributed by atoms with Gasteiger partial charge in [-0.2, -0.15) is 0 Å². The van der Waals surface area contributed by atoms with Crippen LogP contribution < -0.4 is 0 Å². The summed E-state index contributed by atoms with van der Waals surface area (Å²) in [5, 5.41) is 0. The zero-order valence-corrected chi connectivity index (χ0v) is 11.9. The fourth-order valence-corrected chi connectivity index (χ4v) is 1.23. The van der Waals surface area contributed by atoms with E-state index in [9.17, 15) is 0 Å². The monoisotopic (exact) mass is 244 g/mol. The van der Waals surface area contributed by atoms with Crippen LogP contribution >= 0.6 is 0 Å². The average molecular weight is 244 g/mol. The molecule has 0 radical (unpaired) electrons. The van der Waals surface area contributed by atoms with Gasteiger partial charge in [0.1, 0.15) is 0 Å². The van der Waals surface area contributed by atoms with E-state index in [2.05, 4.69) is 29.9 Å². The second kappa shape index (κ2) is 11.8. The molecule has 0 aliphatic heterocycles. The number of hydrogen-bond acceptors (Lipinski definition) is 2. The molecule has 0 saturated heterocycles. The summed E-state index contributed by atoms with van der Waals surface area (Å²) >= 11 is 0. The Morgan fingerprint density at radius 1 is 0.778 bits per heavy atom. The van der Waals surface area contributed by atoms with E-state index in [1.165, 1.54) is 11.1 Å². The molecule has 0 fully saturated rings. The SMILES string of the molecule is CC.CCc1cccnc1.CCc1ccncc1. The summed E-state index contributed by atoms with van der Waals surface area (Å²) in [5.41, 5.74) is 2.65. The molecule has 0 saturated carbocycles. The van der Waals surface area contributed by atoms with E-state index in [1.54, 1.807) is 6.20 Å². The van der Waals surface area contributed by atoms with Gasteiger partial charge < -0.3 is 0 Å². The highest BCUT2D eigenvalue weighted by atomic mass is 14.6. The second-order valence-electron chi connectivity index (χ2n) is 3.42. The first-order chi connectivity index (χ1) is 8.86. The minimum atomic E-state index is 1.08. The van der Waals surface area contributed by atoms with Crippen molar-refractivity contribution in [2.24, 2.45) is 0 Å². The highest BCUT2D eigenvalue weighted by Gasteiger charge is 1.81. The smallest absolute Gasteiger partial charge is 0.0299 e. The lowest BCUT2D eigenvalue weighted by Crippen LogP contribution is -1.77. The molecule has 2 heteroatoms. The van der Waals surface area contributed by atoms with Crippen molar-refractivity contribution in [1.82, 2.24) is 9.97 Å². The minimum Gasteiger partial charge on any atom is -0.265 e. The summed E-state index contributed by atoms with van der Waals surface area (Å²) in [6, 6.07) is 8.09. The highest BCUT2D eigenvalue weighted by Crippen LogP contribution is 1.94. The lowest BCUT2D eigenvalue weighted by molar-refractivity contribution is 1.10. The van der Waals surface area contributed by atoms with Gasteiger partial charge in [0.2, 0.25) is 0 Å². The molecule has 0 atom stereocenters. The van der Waals surface area contributed by atoms with E-state index in [-0.39, 0.29) is 0 Å². The molecule has 98 valence electrons. The van der Waals surface area contributed by atoms with Crippen molar-refractivity contribution in [1.29, 1.82) is 0 Å². The predicted octanol–water partition coefficient (Wildman–Crippen LogP) is 4.31. The molecule has 2 aromatic heterocycles. The first kappa shape index (κ1) is 16.3. The zero-order valence-electron chi connectivity index (χ0n) is 11.9. The van der Waals surface area contributed by atoms with Gasteiger partial charge in [-0.25, -0.2) is 0 Å². The minimum absolute atomic E-state index is 1.08. The first-order valence-electron chi connectivity index (χ1n) is 6.64. The first-order valence-corrected chi connectivity index (χ1v) is 6.64. The third-order valence-electron chi connectivity index (χ3n) is 2.29. The van der Waals surface area contributed by atoms with Gasteiger partial charge in [-0.05, 0) is 42.2 Å². The van der Waals surface area contributed by atoms with Gasteiger partial charge in [0, 0.05) is 24.8 Å². The molecule has 2 rings (SSSR count). The molecule has 0 aliphatic carbocycles. The number of pyridine rings is 2. The molecule has 18 heavy (non-hydrogen) atoms.